The van der Waals surface area contributed by atoms with E-state index in [4.69, 9.17) is 0 Å². The topological polar surface area (TPSA) is 32.3 Å². The van der Waals surface area contributed by atoms with Gasteiger partial charge in [-0.2, -0.15) is 0 Å². The minimum absolute atomic E-state index is 0.187. The van der Waals surface area contributed by atoms with Crippen molar-refractivity contribution in [2.24, 2.45) is 0 Å². The van der Waals surface area contributed by atoms with Gasteiger partial charge in [0.05, 0.1) is 0 Å². The first-order chi connectivity index (χ1) is 12.1. The predicted octanol–water partition coefficient (Wildman–Crippen LogP) is 3.76. The summed E-state index contributed by atoms with van der Waals surface area (Å²) in [6, 6.07) is 7.82. The molecule has 1 aliphatic carbocycles. The molecular formula is C18H19F3N4. The number of anilines is 2. The molecule has 0 amide bonds. The van der Waals surface area contributed by atoms with Gasteiger partial charge in [-0.1, -0.05) is 0 Å². The zero-order valence-corrected chi connectivity index (χ0v) is 13.7. The summed E-state index contributed by atoms with van der Waals surface area (Å²) in [4.78, 5) is 12.7. The highest BCUT2D eigenvalue weighted by Gasteiger charge is 2.29. The van der Waals surface area contributed by atoms with E-state index in [2.05, 4.69) is 14.9 Å². The summed E-state index contributed by atoms with van der Waals surface area (Å²) in [6.45, 7) is 2.83. The second kappa shape index (κ2) is 6.54. The van der Waals surface area contributed by atoms with Gasteiger partial charge in [0, 0.05) is 43.9 Å². The monoisotopic (exact) mass is 348 g/mol. The zero-order valence-electron chi connectivity index (χ0n) is 13.7. The zero-order chi connectivity index (χ0) is 17.4. The van der Waals surface area contributed by atoms with Crippen molar-refractivity contribution in [1.29, 1.82) is 0 Å². The van der Waals surface area contributed by atoms with Gasteiger partial charge in [0.2, 0.25) is 0 Å². The Morgan fingerprint density at radius 2 is 1.56 bits per heavy atom. The van der Waals surface area contributed by atoms with E-state index in [1.54, 1.807) is 12.1 Å². The van der Waals surface area contributed by atoms with Crippen LogP contribution < -0.4 is 9.80 Å². The molecule has 2 aromatic rings. The fourth-order valence-corrected chi connectivity index (χ4v) is 3.12. The van der Waals surface area contributed by atoms with Gasteiger partial charge in [0.15, 0.2) is 0 Å². The van der Waals surface area contributed by atoms with E-state index in [1.807, 2.05) is 4.90 Å². The quantitative estimate of drug-likeness (QED) is 0.842. The normalized spacial score (nSPS) is 18.1. The number of piperazine rings is 1. The van der Waals surface area contributed by atoms with Gasteiger partial charge in [-0.05, 0) is 37.1 Å². The van der Waals surface area contributed by atoms with Crippen molar-refractivity contribution < 1.29 is 13.2 Å². The molecule has 0 atom stereocenters. The Morgan fingerprint density at radius 3 is 2.16 bits per heavy atom. The van der Waals surface area contributed by atoms with Crippen LogP contribution in [0.25, 0.3) is 0 Å². The molecule has 1 aromatic carbocycles. The van der Waals surface area contributed by atoms with E-state index in [9.17, 15) is 13.2 Å². The fraction of sp³-hybridized carbons (Fsp3) is 0.444. The molecule has 2 aliphatic rings. The van der Waals surface area contributed by atoms with Crippen LogP contribution in [0.3, 0.4) is 0 Å². The average Bonchev–Trinajstić information content (AvgIpc) is 3.47. The van der Waals surface area contributed by atoms with E-state index in [-0.39, 0.29) is 17.4 Å². The van der Waals surface area contributed by atoms with Crippen LogP contribution in [-0.2, 0) is 0 Å². The number of nitrogens with zero attached hydrogens (tertiary/aromatic N) is 4. The standard InChI is InChI=1S/C18H19F3N4/c19-13-3-5-14(6-4-13)24-7-9-25(10-8-24)16-11-15(17(20)21)22-18(23-16)12-1-2-12/h3-6,11-12,17H,1-2,7-10H2. The molecule has 2 heterocycles. The lowest BCUT2D eigenvalue weighted by Crippen LogP contribution is -2.47. The fourth-order valence-electron chi connectivity index (χ4n) is 3.12. The van der Waals surface area contributed by atoms with Crippen LogP contribution in [0, 0.1) is 5.82 Å². The molecule has 0 spiro atoms. The van der Waals surface area contributed by atoms with Gasteiger partial charge in [-0.15, -0.1) is 0 Å². The summed E-state index contributed by atoms with van der Waals surface area (Å²) in [7, 11) is 0. The first-order valence-electron chi connectivity index (χ1n) is 8.52. The van der Waals surface area contributed by atoms with E-state index < -0.39 is 6.43 Å². The summed E-state index contributed by atoms with van der Waals surface area (Å²) in [5.41, 5.74) is 0.781. The lowest BCUT2D eigenvalue weighted by Gasteiger charge is -2.37. The van der Waals surface area contributed by atoms with E-state index in [0.29, 0.717) is 24.7 Å². The van der Waals surface area contributed by atoms with Gasteiger partial charge >= 0.3 is 0 Å². The van der Waals surface area contributed by atoms with Crippen molar-refractivity contribution in [2.45, 2.75) is 25.2 Å². The largest absolute Gasteiger partial charge is 0.368 e. The molecule has 2 fully saturated rings. The van der Waals surface area contributed by atoms with Crippen LogP contribution in [0.15, 0.2) is 30.3 Å². The molecule has 0 unspecified atom stereocenters. The van der Waals surface area contributed by atoms with Gasteiger partial charge in [-0.25, -0.2) is 23.1 Å². The van der Waals surface area contributed by atoms with Gasteiger partial charge < -0.3 is 9.80 Å². The highest BCUT2D eigenvalue weighted by atomic mass is 19.3. The number of rotatable bonds is 4. The SMILES string of the molecule is Fc1ccc(N2CCN(c3cc(C(F)F)nc(C4CC4)n3)CC2)cc1. The lowest BCUT2D eigenvalue weighted by atomic mass is 10.2. The maximum Gasteiger partial charge on any atom is 0.280 e. The second-order valence-electron chi connectivity index (χ2n) is 6.53. The number of alkyl halides is 2. The van der Waals surface area contributed by atoms with Gasteiger partial charge in [0.1, 0.15) is 23.2 Å². The number of hydrogen-bond donors (Lipinski definition) is 0. The van der Waals surface area contributed by atoms with Crippen LogP contribution in [0.1, 0.15) is 36.7 Å². The Labute approximate surface area is 144 Å². The molecule has 132 valence electrons. The molecule has 0 N–H and O–H groups in total. The first kappa shape index (κ1) is 16.2. The summed E-state index contributed by atoms with van der Waals surface area (Å²) in [5, 5.41) is 0. The molecule has 7 heteroatoms. The highest BCUT2D eigenvalue weighted by Crippen LogP contribution is 2.39. The summed E-state index contributed by atoms with van der Waals surface area (Å²) in [6.07, 6.45) is -0.630. The average molecular weight is 348 g/mol. The highest BCUT2D eigenvalue weighted by molar-refractivity contribution is 5.49. The third kappa shape index (κ3) is 3.55. The maximum absolute atomic E-state index is 13.1. The predicted molar refractivity (Wildman–Crippen MR) is 89.8 cm³/mol. The van der Waals surface area contributed by atoms with Crippen LogP contribution >= 0.6 is 0 Å². The first-order valence-corrected chi connectivity index (χ1v) is 8.52. The number of hydrogen-bond acceptors (Lipinski definition) is 4. The Balaban J connectivity index is 1.49. The van der Waals surface area contributed by atoms with Gasteiger partial charge in [0.25, 0.3) is 6.43 Å². The minimum atomic E-state index is -2.58. The second-order valence-corrected chi connectivity index (χ2v) is 6.53. The van der Waals surface area contributed by atoms with Crippen molar-refractivity contribution in [3.63, 3.8) is 0 Å². The van der Waals surface area contributed by atoms with Crippen LogP contribution in [0.4, 0.5) is 24.7 Å². The van der Waals surface area contributed by atoms with Crippen LogP contribution in [0.5, 0.6) is 0 Å². The van der Waals surface area contributed by atoms with E-state index >= 15 is 0 Å². The van der Waals surface area contributed by atoms with Crippen molar-refractivity contribution >= 4 is 11.5 Å². The van der Waals surface area contributed by atoms with Crippen molar-refractivity contribution in [3.8, 4) is 0 Å². The van der Waals surface area contributed by atoms with Crippen molar-refractivity contribution in [1.82, 2.24) is 9.97 Å². The molecule has 1 saturated carbocycles. The molecule has 0 bridgehead atoms. The Morgan fingerprint density at radius 1 is 0.920 bits per heavy atom. The third-order valence-corrected chi connectivity index (χ3v) is 4.71. The number of halogens is 3. The Kier molecular flexibility index (Phi) is 4.23. The third-order valence-electron chi connectivity index (χ3n) is 4.71. The molecule has 4 nitrogen and oxygen atoms in total. The molecule has 0 radical (unpaired) electrons. The van der Waals surface area contributed by atoms with Crippen LogP contribution in [-0.4, -0.2) is 36.1 Å². The maximum atomic E-state index is 13.1. The minimum Gasteiger partial charge on any atom is -0.368 e. The van der Waals surface area contributed by atoms with Crippen molar-refractivity contribution in [3.05, 3.63) is 47.7 Å². The Bertz CT molecular complexity index is 718. The molecule has 25 heavy (non-hydrogen) atoms. The number of benzene rings is 1. The van der Waals surface area contributed by atoms with E-state index in [0.717, 1.165) is 31.6 Å². The number of aromatic nitrogens is 2. The molecule has 1 aliphatic heterocycles. The summed E-state index contributed by atoms with van der Waals surface area (Å²) < 4.78 is 39.3. The molecular weight excluding hydrogens is 329 g/mol. The van der Waals surface area contributed by atoms with E-state index in [1.165, 1.54) is 18.2 Å². The smallest absolute Gasteiger partial charge is 0.280 e. The summed E-state index contributed by atoms with van der Waals surface area (Å²) in [5.74, 6) is 1.12. The molecule has 1 saturated heterocycles. The Hall–Kier alpha value is -2.31. The molecule has 1 aromatic heterocycles. The van der Waals surface area contributed by atoms with Crippen molar-refractivity contribution in [2.75, 3.05) is 36.0 Å². The lowest BCUT2D eigenvalue weighted by molar-refractivity contribution is 0.145. The summed E-state index contributed by atoms with van der Waals surface area (Å²) >= 11 is 0. The molecule has 4 rings (SSSR count). The van der Waals surface area contributed by atoms with Crippen LogP contribution in [0.2, 0.25) is 0 Å². The van der Waals surface area contributed by atoms with Gasteiger partial charge in [-0.3, -0.25) is 0 Å².